The minimum Gasteiger partial charge on any atom is -0.492 e. The number of rotatable bonds is 4. The Hall–Kier alpha value is -1.88. The predicted octanol–water partition coefficient (Wildman–Crippen LogP) is 4.55. The van der Waals surface area contributed by atoms with Gasteiger partial charge in [0, 0.05) is 4.47 Å². The summed E-state index contributed by atoms with van der Waals surface area (Å²) in [5, 5.41) is 2.75. The number of halogens is 2. The zero-order chi connectivity index (χ0) is 15.4. The third kappa shape index (κ3) is 3.82. The van der Waals surface area contributed by atoms with E-state index in [1.54, 1.807) is 6.07 Å². The molecule has 0 aliphatic carbocycles. The molecule has 0 aliphatic heterocycles. The SMILES string of the molecule is CCOc1cc(C)ccc1NC(=O)c1cc(F)ccc1Br. The number of aryl methyl sites for hydroxylation is 1. The molecule has 5 heteroatoms. The number of hydrogen-bond acceptors (Lipinski definition) is 2. The van der Waals surface area contributed by atoms with E-state index < -0.39 is 11.7 Å². The van der Waals surface area contributed by atoms with E-state index in [4.69, 9.17) is 4.74 Å². The van der Waals surface area contributed by atoms with Gasteiger partial charge in [0.25, 0.3) is 5.91 Å². The van der Waals surface area contributed by atoms with Crippen LogP contribution in [0.2, 0.25) is 0 Å². The van der Waals surface area contributed by atoms with Crippen LogP contribution in [0.5, 0.6) is 5.75 Å². The van der Waals surface area contributed by atoms with E-state index in [0.717, 1.165) is 5.56 Å². The minimum atomic E-state index is -0.461. The van der Waals surface area contributed by atoms with Gasteiger partial charge in [0.05, 0.1) is 17.9 Å². The van der Waals surface area contributed by atoms with Gasteiger partial charge in [-0.25, -0.2) is 4.39 Å². The van der Waals surface area contributed by atoms with Gasteiger partial charge in [0.1, 0.15) is 11.6 Å². The maximum absolute atomic E-state index is 13.3. The molecule has 0 bridgehead atoms. The number of hydrogen-bond donors (Lipinski definition) is 1. The zero-order valence-electron chi connectivity index (χ0n) is 11.7. The van der Waals surface area contributed by atoms with E-state index >= 15 is 0 Å². The van der Waals surface area contributed by atoms with E-state index in [1.165, 1.54) is 18.2 Å². The Morgan fingerprint density at radius 2 is 2.05 bits per heavy atom. The largest absolute Gasteiger partial charge is 0.492 e. The topological polar surface area (TPSA) is 38.3 Å². The summed E-state index contributed by atoms with van der Waals surface area (Å²) in [5.74, 6) is -0.262. The Morgan fingerprint density at radius 1 is 1.29 bits per heavy atom. The first-order valence-electron chi connectivity index (χ1n) is 6.51. The number of anilines is 1. The summed E-state index contributed by atoms with van der Waals surface area (Å²) >= 11 is 3.25. The number of carbonyl (C=O) groups excluding carboxylic acids is 1. The van der Waals surface area contributed by atoms with Crippen molar-refractivity contribution in [1.82, 2.24) is 0 Å². The van der Waals surface area contributed by atoms with Crippen LogP contribution in [0.4, 0.5) is 10.1 Å². The molecule has 2 aromatic rings. The molecule has 0 aromatic heterocycles. The molecular formula is C16H15BrFNO2. The molecule has 3 nitrogen and oxygen atoms in total. The van der Waals surface area contributed by atoms with Crippen LogP contribution in [0, 0.1) is 12.7 Å². The Morgan fingerprint density at radius 3 is 2.76 bits per heavy atom. The summed E-state index contributed by atoms with van der Waals surface area (Å²) in [7, 11) is 0. The normalized spacial score (nSPS) is 10.3. The molecule has 21 heavy (non-hydrogen) atoms. The first kappa shape index (κ1) is 15.5. The van der Waals surface area contributed by atoms with Crippen LogP contribution in [0.15, 0.2) is 40.9 Å². The third-order valence-electron chi connectivity index (χ3n) is 2.86. The summed E-state index contributed by atoms with van der Waals surface area (Å²) in [6.07, 6.45) is 0. The lowest BCUT2D eigenvalue weighted by Gasteiger charge is -2.13. The van der Waals surface area contributed by atoms with E-state index in [1.807, 2.05) is 26.0 Å². The predicted molar refractivity (Wildman–Crippen MR) is 84.4 cm³/mol. The zero-order valence-corrected chi connectivity index (χ0v) is 13.3. The highest BCUT2D eigenvalue weighted by Crippen LogP contribution is 2.27. The van der Waals surface area contributed by atoms with E-state index in [9.17, 15) is 9.18 Å². The van der Waals surface area contributed by atoms with Gasteiger partial charge in [0.15, 0.2) is 0 Å². The fourth-order valence-electron chi connectivity index (χ4n) is 1.87. The Labute approximate surface area is 131 Å². The van der Waals surface area contributed by atoms with Crippen molar-refractivity contribution in [3.63, 3.8) is 0 Å². The van der Waals surface area contributed by atoms with E-state index in [0.29, 0.717) is 22.5 Å². The number of amides is 1. The molecule has 0 fully saturated rings. The van der Waals surface area contributed by atoms with Crippen LogP contribution in [-0.2, 0) is 0 Å². The summed E-state index contributed by atoms with van der Waals surface area (Å²) in [5.41, 5.74) is 1.82. The van der Waals surface area contributed by atoms with Crippen LogP contribution in [0.3, 0.4) is 0 Å². The first-order valence-corrected chi connectivity index (χ1v) is 7.30. The van der Waals surface area contributed by atoms with Gasteiger partial charge in [-0.3, -0.25) is 4.79 Å². The third-order valence-corrected chi connectivity index (χ3v) is 3.55. The summed E-state index contributed by atoms with van der Waals surface area (Å²) in [6, 6.07) is 9.47. The van der Waals surface area contributed by atoms with Crippen LogP contribution < -0.4 is 10.1 Å². The molecule has 1 amide bonds. The quantitative estimate of drug-likeness (QED) is 0.877. The van der Waals surface area contributed by atoms with Crippen molar-refractivity contribution in [1.29, 1.82) is 0 Å². The molecule has 0 spiro atoms. The molecule has 0 radical (unpaired) electrons. The first-order chi connectivity index (χ1) is 10.0. The molecule has 0 saturated heterocycles. The monoisotopic (exact) mass is 351 g/mol. The highest BCUT2D eigenvalue weighted by atomic mass is 79.9. The summed E-state index contributed by atoms with van der Waals surface area (Å²) < 4.78 is 19.3. The average molecular weight is 352 g/mol. The van der Waals surface area contributed by atoms with Crippen LogP contribution in [0.25, 0.3) is 0 Å². The molecule has 0 saturated carbocycles. The Kier molecular flexibility index (Phi) is 4.96. The lowest BCUT2D eigenvalue weighted by molar-refractivity contribution is 0.102. The molecule has 0 aliphatic rings. The number of carbonyl (C=O) groups is 1. The van der Waals surface area contributed by atoms with Crippen LogP contribution in [0.1, 0.15) is 22.8 Å². The standard InChI is InChI=1S/C16H15BrFNO2/c1-3-21-15-8-10(2)4-7-14(15)19-16(20)12-9-11(18)5-6-13(12)17/h4-9H,3H2,1-2H3,(H,19,20). The van der Waals surface area contributed by atoms with Gasteiger partial charge >= 0.3 is 0 Å². The maximum atomic E-state index is 13.3. The van der Waals surface area contributed by atoms with Gasteiger partial charge in [-0.1, -0.05) is 6.07 Å². The molecule has 0 atom stereocenters. The average Bonchev–Trinajstić information content (AvgIpc) is 2.44. The van der Waals surface area contributed by atoms with Gasteiger partial charge in [0.2, 0.25) is 0 Å². The van der Waals surface area contributed by atoms with Gasteiger partial charge in [-0.2, -0.15) is 0 Å². The van der Waals surface area contributed by atoms with Gasteiger partial charge in [-0.15, -0.1) is 0 Å². The Balaban J connectivity index is 2.29. The van der Waals surface area contributed by atoms with E-state index in [2.05, 4.69) is 21.2 Å². The molecule has 0 heterocycles. The highest BCUT2D eigenvalue weighted by molar-refractivity contribution is 9.10. The number of benzene rings is 2. The minimum absolute atomic E-state index is 0.234. The van der Waals surface area contributed by atoms with Crippen LogP contribution in [-0.4, -0.2) is 12.5 Å². The molecular weight excluding hydrogens is 337 g/mol. The van der Waals surface area contributed by atoms with Crippen molar-refractivity contribution >= 4 is 27.5 Å². The fourth-order valence-corrected chi connectivity index (χ4v) is 2.30. The van der Waals surface area contributed by atoms with Crippen molar-refractivity contribution in [2.45, 2.75) is 13.8 Å². The van der Waals surface area contributed by atoms with Crippen molar-refractivity contribution < 1.29 is 13.9 Å². The fraction of sp³-hybridized carbons (Fsp3) is 0.188. The van der Waals surface area contributed by atoms with Crippen molar-refractivity contribution in [3.8, 4) is 5.75 Å². The second-order valence-electron chi connectivity index (χ2n) is 4.51. The highest BCUT2D eigenvalue weighted by Gasteiger charge is 2.14. The smallest absolute Gasteiger partial charge is 0.257 e. The van der Waals surface area contributed by atoms with Gasteiger partial charge < -0.3 is 10.1 Å². The molecule has 110 valence electrons. The van der Waals surface area contributed by atoms with Crippen LogP contribution >= 0.6 is 15.9 Å². The lowest BCUT2D eigenvalue weighted by Crippen LogP contribution is -2.14. The molecule has 2 rings (SSSR count). The second-order valence-corrected chi connectivity index (χ2v) is 5.37. The molecule has 2 aromatic carbocycles. The Bertz CT molecular complexity index is 673. The number of nitrogens with one attached hydrogen (secondary N) is 1. The maximum Gasteiger partial charge on any atom is 0.257 e. The van der Waals surface area contributed by atoms with Gasteiger partial charge in [-0.05, 0) is 65.7 Å². The second kappa shape index (κ2) is 6.72. The molecule has 1 N–H and O–H groups in total. The lowest BCUT2D eigenvalue weighted by atomic mass is 10.1. The number of ether oxygens (including phenoxy) is 1. The van der Waals surface area contributed by atoms with Crippen molar-refractivity contribution in [3.05, 3.63) is 57.8 Å². The summed E-state index contributed by atoms with van der Waals surface area (Å²) in [4.78, 5) is 12.3. The van der Waals surface area contributed by atoms with Crippen molar-refractivity contribution in [2.75, 3.05) is 11.9 Å². The molecule has 0 unspecified atom stereocenters. The van der Waals surface area contributed by atoms with Crippen molar-refractivity contribution in [2.24, 2.45) is 0 Å². The summed E-state index contributed by atoms with van der Waals surface area (Å²) in [6.45, 7) is 4.31. The van der Waals surface area contributed by atoms with E-state index in [-0.39, 0.29) is 5.56 Å².